The Morgan fingerprint density at radius 1 is 1.33 bits per heavy atom. The van der Waals surface area contributed by atoms with Gasteiger partial charge in [-0.3, -0.25) is 9.59 Å². The molecule has 0 aliphatic carbocycles. The molecule has 132 valence electrons. The minimum atomic E-state index is -0.866. The summed E-state index contributed by atoms with van der Waals surface area (Å²) in [5, 5.41) is 9.03. The lowest BCUT2D eigenvalue weighted by atomic mass is 10.1. The summed E-state index contributed by atoms with van der Waals surface area (Å²) in [6.07, 6.45) is 0.984. The highest BCUT2D eigenvalue weighted by atomic mass is 32.2. The molecule has 0 bridgehead atoms. The van der Waals surface area contributed by atoms with Crippen LogP contribution in [0.5, 0.6) is 5.75 Å². The predicted octanol–water partition coefficient (Wildman–Crippen LogP) is 3.14. The molecule has 0 spiro atoms. The Hall–Kier alpha value is -1.69. The molecule has 0 saturated carbocycles. The molecule has 1 aliphatic rings. The van der Waals surface area contributed by atoms with Crippen LogP contribution < -0.4 is 4.74 Å². The Bertz CT molecular complexity index is 559. The molecule has 1 fully saturated rings. The number of carbonyl (C=O) groups is 2. The molecule has 0 aromatic heterocycles. The molecule has 1 aromatic carbocycles. The number of carbonyl (C=O) groups excluding carboxylic acids is 1. The molecule has 24 heavy (non-hydrogen) atoms. The fraction of sp³-hybridized carbons (Fsp3) is 0.556. The molecule has 1 saturated heterocycles. The number of hydrogen-bond acceptors (Lipinski definition) is 4. The topological polar surface area (TPSA) is 66.8 Å². The van der Waals surface area contributed by atoms with Gasteiger partial charge in [-0.15, -0.1) is 0 Å². The van der Waals surface area contributed by atoms with E-state index in [4.69, 9.17) is 9.84 Å². The van der Waals surface area contributed by atoms with Crippen LogP contribution in [0.25, 0.3) is 0 Å². The highest BCUT2D eigenvalue weighted by Gasteiger charge is 2.29. The molecule has 0 radical (unpaired) electrons. The van der Waals surface area contributed by atoms with Gasteiger partial charge in [0.25, 0.3) is 5.91 Å². The van der Waals surface area contributed by atoms with Crippen LogP contribution in [-0.2, 0) is 4.79 Å². The smallest absolute Gasteiger partial charge is 0.305 e. The van der Waals surface area contributed by atoms with Crippen molar-refractivity contribution >= 4 is 23.6 Å². The number of aliphatic carboxylic acids is 1. The normalized spacial score (nSPS) is 17.8. The van der Waals surface area contributed by atoms with Crippen LogP contribution in [0, 0.1) is 5.92 Å². The number of benzene rings is 1. The van der Waals surface area contributed by atoms with E-state index in [-0.39, 0.29) is 18.4 Å². The van der Waals surface area contributed by atoms with Crippen LogP contribution in [0.15, 0.2) is 24.3 Å². The lowest BCUT2D eigenvalue weighted by molar-refractivity contribution is -0.138. The number of rotatable bonds is 7. The standard InChI is InChI=1S/C18H25NO4S/c1-13(2)7-9-23-16-5-3-14(4-6-16)18(22)19-8-10-24-12-15(19)11-17(20)21/h3-6,13,15H,7-12H2,1-2H3,(H,20,21). The van der Waals surface area contributed by atoms with Gasteiger partial charge in [0, 0.05) is 23.6 Å². The Morgan fingerprint density at radius 2 is 2.04 bits per heavy atom. The number of nitrogens with zero attached hydrogens (tertiary/aromatic N) is 1. The Labute approximate surface area is 147 Å². The third-order valence-electron chi connectivity index (χ3n) is 3.96. The summed E-state index contributed by atoms with van der Waals surface area (Å²) in [6, 6.07) is 6.88. The van der Waals surface area contributed by atoms with Gasteiger partial charge in [0.2, 0.25) is 0 Å². The van der Waals surface area contributed by atoms with Crippen molar-refractivity contribution in [1.82, 2.24) is 4.90 Å². The summed E-state index contributed by atoms with van der Waals surface area (Å²) >= 11 is 1.70. The maximum Gasteiger partial charge on any atom is 0.305 e. The van der Waals surface area contributed by atoms with E-state index in [0.717, 1.165) is 17.9 Å². The van der Waals surface area contributed by atoms with Crippen LogP contribution in [0.3, 0.4) is 0 Å². The van der Waals surface area contributed by atoms with Gasteiger partial charge in [0.1, 0.15) is 5.75 Å². The van der Waals surface area contributed by atoms with Crippen molar-refractivity contribution in [3.63, 3.8) is 0 Å². The number of carboxylic acids is 1. The molecule has 1 aliphatic heterocycles. The van der Waals surface area contributed by atoms with Crippen molar-refractivity contribution in [2.75, 3.05) is 24.7 Å². The van der Waals surface area contributed by atoms with E-state index in [9.17, 15) is 9.59 Å². The maximum absolute atomic E-state index is 12.7. The summed E-state index contributed by atoms with van der Waals surface area (Å²) in [4.78, 5) is 25.4. The zero-order valence-corrected chi connectivity index (χ0v) is 15.1. The van der Waals surface area contributed by atoms with E-state index in [1.54, 1.807) is 40.9 Å². The van der Waals surface area contributed by atoms with E-state index in [2.05, 4.69) is 13.8 Å². The lowest BCUT2D eigenvalue weighted by Gasteiger charge is -2.34. The predicted molar refractivity (Wildman–Crippen MR) is 95.8 cm³/mol. The molecule has 1 aromatic rings. The first kappa shape index (κ1) is 18.6. The summed E-state index contributed by atoms with van der Waals surface area (Å²) < 4.78 is 5.66. The quantitative estimate of drug-likeness (QED) is 0.817. The third-order valence-corrected chi connectivity index (χ3v) is 5.06. The van der Waals surface area contributed by atoms with Gasteiger partial charge >= 0.3 is 5.97 Å². The molecular formula is C18H25NO4S. The van der Waals surface area contributed by atoms with Crippen molar-refractivity contribution in [3.8, 4) is 5.75 Å². The van der Waals surface area contributed by atoms with Crippen LogP contribution in [0.4, 0.5) is 0 Å². The molecular weight excluding hydrogens is 326 g/mol. The summed E-state index contributed by atoms with van der Waals surface area (Å²) in [5.41, 5.74) is 0.577. The number of carboxylic acid groups (broad SMARTS) is 1. The first-order valence-corrected chi connectivity index (χ1v) is 9.46. The number of hydrogen-bond donors (Lipinski definition) is 1. The molecule has 1 heterocycles. The minimum absolute atomic E-state index is 0.00482. The van der Waals surface area contributed by atoms with E-state index in [1.165, 1.54) is 0 Å². The maximum atomic E-state index is 12.7. The van der Waals surface area contributed by atoms with Gasteiger partial charge < -0.3 is 14.7 Å². The molecule has 1 unspecified atom stereocenters. The second kappa shape index (κ2) is 8.97. The van der Waals surface area contributed by atoms with Crippen molar-refractivity contribution in [2.45, 2.75) is 32.7 Å². The SMILES string of the molecule is CC(C)CCOc1ccc(C(=O)N2CCSCC2CC(=O)O)cc1. The van der Waals surface area contributed by atoms with Gasteiger partial charge in [-0.2, -0.15) is 11.8 Å². The minimum Gasteiger partial charge on any atom is -0.494 e. The highest BCUT2D eigenvalue weighted by Crippen LogP contribution is 2.22. The molecule has 1 N–H and O–H groups in total. The Morgan fingerprint density at radius 3 is 2.67 bits per heavy atom. The number of thioether (sulfide) groups is 1. The zero-order valence-electron chi connectivity index (χ0n) is 14.2. The van der Waals surface area contributed by atoms with Crippen molar-refractivity contribution in [3.05, 3.63) is 29.8 Å². The van der Waals surface area contributed by atoms with Gasteiger partial charge in [-0.1, -0.05) is 13.8 Å². The summed E-state index contributed by atoms with van der Waals surface area (Å²) in [5.74, 6) is 1.90. The van der Waals surface area contributed by atoms with Crippen LogP contribution >= 0.6 is 11.8 Å². The van der Waals surface area contributed by atoms with Crippen molar-refractivity contribution in [1.29, 1.82) is 0 Å². The summed E-state index contributed by atoms with van der Waals surface area (Å²) in [6.45, 7) is 5.55. The summed E-state index contributed by atoms with van der Waals surface area (Å²) in [7, 11) is 0. The monoisotopic (exact) mass is 351 g/mol. The van der Waals surface area contributed by atoms with Gasteiger partial charge in [0.15, 0.2) is 0 Å². The fourth-order valence-corrected chi connectivity index (χ4v) is 3.63. The highest BCUT2D eigenvalue weighted by molar-refractivity contribution is 7.99. The fourth-order valence-electron chi connectivity index (χ4n) is 2.56. The second-order valence-corrected chi connectivity index (χ2v) is 7.53. The second-order valence-electron chi connectivity index (χ2n) is 6.38. The zero-order chi connectivity index (χ0) is 17.5. The largest absolute Gasteiger partial charge is 0.494 e. The Balaban J connectivity index is 1.98. The third kappa shape index (κ3) is 5.44. The van der Waals surface area contributed by atoms with E-state index >= 15 is 0 Å². The molecule has 1 amide bonds. The lowest BCUT2D eigenvalue weighted by Crippen LogP contribution is -2.47. The average Bonchev–Trinajstić information content (AvgIpc) is 2.54. The van der Waals surface area contributed by atoms with Gasteiger partial charge in [-0.05, 0) is 36.6 Å². The van der Waals surface area contributed by atoms with Crippen LogP contribution in [0.2, 0.25) is 0 Å². The van der Waals surface area contributed by atoms with E-state index in [0.29, 0.717) is 30.4 Å². The molecule has 2 rings (SSSR count). The van der Waals surface area contributed by atoms with Crippen LogP contribution in [-0.4, -0.2) is 52.6 Å². The van der Waals surface area contributed by atoms with Crippen LogP contribution in [0.1, 0.15) is 37.0 Å². The van der Waals surface area contributed by atoms with Crippen molar-refractivity contribution in [2.24, 2.45) is 5.92 Å². The molecule has 6 heteroatoms. The number of ether oxygens (including phenoxy) is 1. The first-order chi connectivity index (χ1) is 11.5. The first-order valence-electron chi connectivity index (χ1n) is 8.30. The Kier molecular flexibility index (Phi) is 6.97. The van der Waals surface area contributed by atoms with Gasteiger partial charge in [-0.25, -0.2) is 0 Å². The number of amides is 1. The molecule has 1 atom stereocenters. The van der Waals surface area contributed by atoms with Crippen molar-refractivity contribution < 1.29 is 19.4 Å². The van der Waals surface area contributed by atoms with E-state index < -0.39 is 5.97 Å². The average molecular weight is 351 g/mol. The van der Waals surface area contributed by atoms with E-state index in [1.807, 2.05) is 0 Å². The molecule has 5 nitrogen and oxygen atoms in total. The van der Waals surface area contributed by atoms with Gasteiger partial charge in [0.05, 0.1) is 19.1 Å².